The first-order valence-corrected chi connectivity index (χ1v) is 11.7. The van der Waals surface area contributed by atoms with Gasteiger partial charge in [-0.15, -0.1) is 21.5 Å². The molecule has 4 aromatic rings. The molecule has 0 atom stereocenters. The number of aromatic nitrogens is 4. The fourth-order valence-electron chi connectivity index (χ4n) is 3.16. The fourth-order valence-corrected chi connectivity index (χ4v) is 5.15. The van der Waals surface area contributed by atoms with Crippen LogP contribution in [0.3, 0.4) is 0 Å². The van der Waals surface area contributed by atoms with Gasteiger partial charge in [0.15, 0.2) is 11.0 Å². The minimum atomic E-state index is 0.636. The van der Waals surface area contributed by atoms with E-state index in [1.54, 1.807) is 36.3 Å². The molecule has 0 radical (unpaired) electrons. The van der Waals surface area contributed by atoms with Crippen LogP contribution in [-0.2, 0) is 12.3 Å². The van der Waals surface area contributed by atoms with Gasteiger partial charge in [0.05, 0.1) is 18.4 Å². The minimum absolute atomic E-state index is 0.636. The van der Waals surface area contributed by atoms with E-state index in [1.807, 2.05) is 12.1 Å². The zero-order chi connectivity index (χ0) is 21.1. The molecule has 8 heteroatoms. The van der Waals surface area contributed by atoms with E-state index in [2.05, 4.69) is 58.3 Å². The number of methoxy groups -OCH3 is 1. The molecular weight excluding hydrogens is 436 g/mol. The van der Waals surface area contributed by atoms with Crippen LogP contribution in [-0.4, -0.2) is 26.9 Å². The summed E-state index contributed by atoms with van der Waals surface area (Å²) in [5, 5.41) is 13.5. The Morgan fingerprint density at radius 2 is 2.03 bits per heavy atom. The molecule has 0 saturated carbocycles. The molecule has 0 fully saturated rings. The third-order valence-corrected chi connectivity index (χ3v) is 6.78. The predicted molar refractivity (Wildman–Crippen MR) is 125 cm³/mol. The zero-order valence-electron chi connectivity index (χ0n) is 16.9. The Balaban J connectivity index is 1.55. The van der Waals surface area contributed by atoms with Gasteiger partial charge in [-0.1, -0.05) is 47.1 Å². The highest BCUT2D eigenvalue weighted by molar-refractivity contribution is 7.98. The van der Waals surface area contributed by atoms with Crippen LogP contribution < -0.4 is 4.74 Å². The second-order valence-corrected chi connectivity index (χ2v) is 8.93. The molecule has 4 rings (SSSR count). The Labute approximate surface area is 189 Å². The Kier molecular flexibility index (Phi) is 6.41. The predicted octanol–water partition coefficient (Wildman–Crippen LogP) is 6.35. The van der Waals surface area contributed by atoms with E-state index >= 15 is 0 Å². The Hall–Kier alpha value is -2.35. The van der Waals surface area contributed by atoms with Crippen molar-refractivity contribution in [2.45, 2.75) is 31.3 Å². The van der Waals surface area contributed by atoms with Gasteiger partial charge in [0, 0.05) is 28.3 Å². The van der Waals surface area contributed by atoms with E-state index in [1.165, 1.54) is 5.56 Å². The van der Waals surface area contributed by atoms with E-state index in [9.17, 15) is 0 Å². The second kappa shape index (κ2) is 9.20. The van der Waals surface area contributed by atoms with Crippen LogP contribution in [0.25, 0.3) is 22.0 Å². The third-order valence-electron chi connectivity index (χ3n) is 4.60. The van der Waals surface area contributed by atoms with Crippen molar-refractivity contribution in [3.05, 3.63) is 64.1 Å². The molecule has 0 amide bonds. The van der Waals surface area contributed by atoms with Crippen molar-refractivity contribution in [2.24, 2.45) is 0 Å². The van der Waals surface area contributed by atoms with Gasteiger partial charge in [-0.25, -0.2) is 4.98 Å². The molecule has 0 unspecified atom stereocenters. The molecule has 154 valence electrons. The van der Waals surface area contributed by atoms with E-state index < -0.39 is 0 Å². The summed E-state index contributed by atoms with van der Waals surface area (Å²) in [6.07, 6.45) is 0. The highest BCUT2D eigenvalue weighted by Gasteiger charge is 2.18. The van der Waals surface area contributed by atoms with Crippen molar-refractivity contribution in [1.82, 2.24) is 19.7 Å². The van der Waals surface area contributed by atoms with Crippen molar-refractivity contribution in [3.8, 4) is 27.7 Å². The lowest BCUT2D eigenvalue weighted by atomic mass is 10.1. The van der Waals surface area contributed by atoms with Gasteiger partial charge in [-0.05, 0) is 38.1 Å². The maximum absolute atomic E-state index is 6.20. The summed E-state index contributed by atoms with van der Waals surface area (Å²) in [6.45, 7) is 4.91. The van der Waals surface area contributed by atoms with Gasteiger partial charge in [0.25, 0.3) is 0 Å². The monoisotopic (exact) mass is 456 g/mol. The molecule has 2 heterocycles. The van der Waals surface area contributed by atoms with Gasteiger partial charge >= 0.3 is 0 Å². The molecule has 30 heavy (non-hydrogen) atoms. The Morgan fingerprint density at radius 3 is 2.80 bits per heavy atom. The number of ether oxygens (including phenoxy) is 1. The molecule has 0 bridgehead atoms. The molecule has 0 spiro atoms. The fraction of sp³-hybridized carbons (Fsp3) is 0.227. The minimum Gasteiger partial charge on any atom is -0.496 e. The Bertz CT molecular complexity index is 1170. The van der Waals surface area contributed by atoms with Gasteiger partial charge in [0.2, 0.25) is 0 Å². The van der Waals surface area contributed by atoms with E-state index in [-0.39, 0.29) is 0 Å². The summed E-state index contributed by atoms with van der Waals surface area (Å²) in [5.74, 6) is 2.20. The third kappa shape index (κ3) is 4.38. The molecule has 0 aliphatic heterocycles. The molecule has 5 nitrogen and oxygen atoms in total. The van der Waals surface area contributed by atoms with Crippen molar-refractivity contribution in [3.63, 3.8) is 0 Å². The standard InChI is InChI=1S/C22H21ClN4OS2/c1-4-27-20(18-11-16(23)8-9-19(18)28-3)25-26-22(27)30-13-17-12-29-21(24-17)15-7-5-6-14(2)10-15/h5-12H,4,13H2,1-3H3. The van der Waals surface area contributed by atoms with E-state index in [4.69, 9.17) is 21.3 Å². The summed E-state index contributed by atoms with van der Waals surface area (Å²) < 4.78 is 7.57. The number of hydrogen-bond acceptors (Lipinski definition) is 6. The average molecular weight is 457 g/mol. The molecule has 0 aliphatic rings. The lowest BCUT2D eigenvalue weighted by molar-refractivity contribution is 0.416. The first kappa shape index (κ1) is 20.9. The van der Waals surface area contributed by atoms with Crippen molar-refractivity contribution >= 4 is 34.7 Å². The highest BCUT2D eigenvalue weighted by atomic mass is 35.5. The van der Waals surface area contributed by atoms with E-state index in [0.717, 1.165) is 50.9 Å². The van der Waals surface area contributed by atoms with Crippen molar-refractivity contribution in [1.29, 1.82) is 0 Å². The number of thiazole rings is 1. The maximum Gasteiger partial charge on any atom is 0.191 e. The summed E-state index contributed by atoms with van der Waals surface area (Å²) in [5.41, 5.74) is 4.26. The molecule has 0 aliphatic carbocycles. The first-order valence-electron chi connectivity index (χ1n) is 9.50. The summed E-state index contributed by atoms with van der Waals surface area (Å²) >= 11 is 9.50. The maximum atomic E-state index is 6.20. The van der Waals surface area contributed by atoms with Crippen LogP contribution in [0.15, 0.2) is 53.0 Å². The van der Waals surface area contributed by atoms with Gasteiger partial charge in [-0.2, -0.15) is 0 Å². The Morgan fingerprint density at radius 1 is 1.17 bits per heavy atom. The molecule has 0 saturated heterocycles. The molecular formula is C22H21ClN4OS2. The van der Waals surface area contributed by atoms with Gasteiger partial charge in [-0.3, -0.25) is 0 Å². The van der Waals surface area contributed by atoms with Crippen molar-refractivity contribution in [2.75, 3.05) is 7.11 Å². The van der Waals surface area contributed by atoms with Crippen LogP contribution in [0.5, 0.6) is 5.75 Å². The van der Waals surface area contributed by atoms with Crippen LogP contribution in [0.4, 0.5) is 0 Å². The largest absolute Gasteiger partial charge is 0.496 e. The van der Waals surface area contributed by atoms with E-state index in [0.29, 0.717) is 5.02 Å². The first-order chi connectivity index (χ1) is 14.6. The number of nitrogens with zero attached hydrogens (tertiary/aromatic N) is 4. The lowest BCUT2D eigenvalue weighted by Gasteiger charge is -2.10. The summed E-state index contributed by atoms with van der Waals surface area (Å²) in [7, 11) is 1.64. The number of thioether (sulfide) groups is 1. The zero-order valence-corrected chi connectivity index (χ0v) is 19.3. The molecule has 2 aromatic heterocycles. The van der Waals surface area contributed by atoms with Crippen LogP contribution in [0, 0.1) is 6.92 Å². The van der Waals surface area contributed by atoms with Gasteiger partial charge in [0.1, 0.15) is 10.8 Å². The smallest absolute Gasteiger partial charge is 0.191 e. The number of rotatable bonds is 7. The second-order valence-electron chi connectivity index (χ2n) is 6.70. The van der Waals surface area contributed by atoms with Crippen LogP contribution >= 0.6 is 34.7 Å². The van der Waals surface area contributed by atoms with Crippen molar-refractivity contribution < 1.29 is 4.74 Å². The topological polar surface area (TPSA) is 52.8 Å². The van der Waals surface area contributed by atoms with Crippen LogP contribution in [0.2, 0.25) is 5.02 Å². The summed E-state index contributed by atoms with van der Waals surface area (Å²) in [6, 6.07) is 13.9. The highest BCUT2D eigenvalue weighted by Crippen LogP contribution is 2.34. The summed E-state index contributed by atoms with van der Waals surface area (Å²) in [4.78, 5) is 4.80. The number of aryl methyl sites for hydroxylation is 1. The number of hydrogen-bond donors (Lipinski definition) is 0. The SMILES string of the molecule is CCn1c(SCc2csc(-c3cccc(C)c3)n2)nnc1-c1cc(Cl)ccc1OC. The lowest BCUT2D eigenvalue weighted by Crippen LogP contribution is -2.01. The van der Waals surface area contributed by atoms with Gasteiger partial charge < -0.3 is 9.30 Å². The normalized spacial score (nSPS) is 11.1. The molecule has 0 N–H and O–H groups in total. The van der Waals surface area contributed by atoms with Crippen LogP contribution in [0.1, 0.15) is 18.2 Å². The molecule has 2 aromatic carbocycles. The number of halogens is 1. The average Bonchev–Trinajstić information content (AvgIpc) is 3.39. The quantitative estimate of drug-likeness (QED) is 0.303. The number of benzene rings is 2.